The lowest BCUT2D eigenvalue weighted by molar-refractivity contribution is -0.190. The molecule has 2 saturated heterocycles. The molecule has 2 aliphatic heterocycles. The maximum atomic E-state index is 13.0. The molecule has 0 saturated carbocycles. The Labute approximate surface area is 168 Å². The van der Waals surface area contributed by atoms with Crippen LogP contribution in [0.15, 0.2) is 30.3 Å². The summed E-state index contributed by atoms with van der Waals surface area (Å²) in [6.07, 6.45) is 0.357. The highest BCUT2D eigenvalue weighted by Crippen LogP contribution is 2.24. The summed E-state index contributed by atoms with van der Waals surface area (Å²) >= 11 is 5.25. The maximum Gasteiger partial charge on any atom is 0.507 e. The van der Waals surface area contributed by atoms with Gasteiger partial charge >= 0.3 is 6.16 Å². The van der Waals surface area contributed by atoms with Gasteiger partial charge in [0.15, 0.2) is 6.23 Å². The van der Waals surface area contributed by atoms with Crippen LogP contribution in [0.25, 0.3) is 0 Å². The third kappa shape index (κ3) is 4.85. The number of benzene rings is 1. The average molecular weight is 405 g/mol. The van der Waals surface area contributed by atoms with Crippen LogP contribution in [0.2, 0.25) is 0 Å². The van der Waals surface area contributed by atoms with Gasteiger partial charge in [0.1, 0.15) is 6.04 Å². The van der Waals surface area contributed by atoms with Gasteiger partial charge in [-0.2, -0.15) is 0 Å². The van der Waals surface area contributed by atoms with Gasteiger partial charge in [-0.05, 0) is 24.8 Å². The molecule has 1 aromatic rings. The summed E-state index contributed by atoms with van der Waals surface area (Å²) in [6.45, 7) is 1.25. The second-order valence-electron chi connectivity index (χ2n) is 6.87. The summed E-state index contributed by atoms with van der Waals surface area (Å²) < 4.78 is 4.91. The minimum Gasteiger partial charge on any atom is -0.450 e. The molecule has 2 atom stereocenters. The lowest BCUT2D eigenvalue weighted by atomic mass is 10.1. The van der Waals surface area contributed by atoms with Crippen LogP contribution in [0.1, 0.15) is 31.2 Å². The van der Waals surface area contributed by atoms with Gasteiger partial charge in [0.25, 0.3) is 11.8 Å². The second kappa shape index (κ2) is 9.11. The maximum absolute atomic E-state index is 13.0. The molecule has 2 fully saturated rings. The van der Waals surface area contributed by atoms with E-state index in [4.69, 9.17) is 22.1 Å². The number of thiocarbonyl (C=S) groups is 1. The van der Waals surface area contributed by atoms with E-state index in [1.54, 1.807) is 0 Å². The number of rotatable bonds is 5. The lowest BCUT2D eigenvalue weighted by Crippen LogP contribution is -2.60. The summed E-state index contributed by atoms with van der Waals surface area (Å²) in [6, 6.07) is 8.64. The summed E-state index contributed by atoms with van der Waals surface area (Å²) in [7, 11) is 0. The van der Waals surface area contributed by atoms with Crippen LogP contribution in [0.4, 0.5) is 4.79 Å². The standard InChI is InChI=1S/C19H23N3O5S/c23-17(15(28)12-13-6-2-1-3-7-13)20-14-8-4-10-21-11-5-9-16(27-19(25)26)22(21)18(14)24/h1-3,6-7,14,16H,4-5,8-12H2,(H,20,23)(H,25,26)/t14-,16-/m0/s1. The van der Waals surface area contributed by atoms with Crippen molar-refractivity contribution in [2.45, 2.75) is 44.4 Å². The zero-order valence-electron chi connectivity index (χ0n) is 15.4. The molecule has 2 amide bonds. The first-order valence-electron chi connectivity index (χ1n) is 9.31. The molecule has 0 radical (unpaired) electrons. The highest BCUT2D eigenvalue weighted by atomic mass is 32.1. The largest absolute Gasteiger partial charge is 0.507 e. The number of hydrazine groups is 1. The molecule has 1 aromatic carbocycles. The van der Waals surface area contributed by atoms with Crippen molar-refractivity contribution in [3.63, 3.8) is 0 Å². The molecule has 0 aliphatic carbocycles. The Hall–Kier alpha value is -2.52. The summed E-state index contributed by atoms with van der Waals surface area (Å²) in [5.41, 5.74) is 0.923. The number of carbonyl (C=O) groups excluding carboxylic acids is 2. The SMILES string of the molecule is O=C(O)O[C@H]1CCCN2CCC[C@H](NC(=O)C(=S)Cc3ccccc3)C(=O)N12. The molecule has 8 nitrogen and oxygen atoms in total. The van der Waals surface area contributed by atoms with Crippen LogP contribution >= 0.6 is 12.2 Å². The van der Waals surface area contributed by atoms with E-state index in [9.17, 15) is 14.4 Å². The third-order valence-corrected chi connectivity index (χ3v) is 5.21. The highest BCUT2D eigenvalue weighted by molar-refractivity contribution is 7.82. The van der Waals surface area contributed by atoms with Gasteiger partial charge in [-0.25, -0.2) is 14.8 Å². The van der Waals surface area contributed by atoms with Gasteiger partial charge in [0.2, 0.25) is 0 Å². The first-order valence-corrected chi connectivity index (χ1v) is 9.71. The number of ether oxygens (including phenoxy) is 1. The first kappa shape index (κ1) is 20.2. The van der Waals surface area contributed by atoms with Crippen molar-refractivity contribution >= 4 is 35.1 Å². The monoisotopic (exact) mass is 405 g/mol. The van der Waals surface area contributed by atoms with E-state index in [2.05, 4.69) is 5.32 Å². The summed E-state index contributed by atoms with van der Waals surface area (Å²) in [5.74, 6) is -0.808. The molecule has 0 bridgehead atoms. The first-order chi connectivity index (χ1) is 13.5. The number of carbonyl (C=O) groups is 3. The molecular weight excluding hydrogens is 382 g/mol. The Morgan fingerprint density at radius 3 is 2.54 bits per heavy atom. The minimum atomic E-state index is -1.42. The molecule has 2 N–H and O–H groups in total. The Morgan fingerprint density at radius 2 is 1.86 bits per heavy atom. The van der Waals surface area contributed by atoms with Crippen molar-refractivity contribution in [1.82, 2.24) is 15.3 Å². The number of nitrogens with one attached hydrogen (secondary N) is 1. The Kier molecular flexibility index (Phi) is 6.58. The quantitative estimate of drug-likeness (QED) is 0.569. The molecule has 0 aromatic heterocycles. The Morgan fingerprint density at radius 1 is 1.18 bits per heavy atom. The van der Waals surface area contributed by atoms with Crippen LogP contribution < -0.4 is 5.32 Å². The summed E-state index contributed by atoms with van der Waals surface area (Å²) in [5, 5.41) is 14.9. The van der Waals surface area contributed by atoms with Crippen LogP contribution in [-0.4, -0.2) is 63.3 Å². The van der Waals surface area contributed by atoms with Crippen molar-refractivity contribution in [3.05, 3.63) is 35.9 Å². The molecule has 0 spiro atoms. The van der Waals surface area contributed by atoms with Gasteiger partial charge in [0.05, 0.1) is 4.86 Å². The summed E-state index contributed by atoms with van der Waals surface area (Å²) in [4.78, 5) is 36.8. The van der Waals surface area contributed by atoms with Crippen molar-refractivity contribution < 1.29 is 24.2 Å². The van der Waals surface area contributed by atoms with Crippen LogP contribution in [0, 0.1) is 0 Å². The molecule has 0 unspecified atom stereocenters. The van der Waals surface area contributed by atoms with Crippen LogP contribution in [-0.2, 0) is 20.7 Å². The number of amides is 2. The molecule has 2 aliphatic rings. The highest BCUT2D eigenvalue weighted by Gasteiger charge is 2.41. The number of fused-ring (bicyclic) bond motifs is 1. The van der Waals surface area contributed by atoms with Gasteiger partial charge in [-0.3, -0.25) is 9.59 Å². The number of carboxylic acid groups (broad SMARTS) is 1. The molecule has 28 heavy (non-hydrogen) atoms. The third-order valence-electron chi connectivity index (χ3n) is 4.88. The fourth-order valence-electron chi connectivity index (χ4n) is 3.58. The zero-order valence-corrected chi connectivity index (χ0v) is 16.2. The van der Waals surface area contributed by atoms with E-state index < -0.39 is 24.3 Å². The fourth-order valence-corrected chi connectivity index (χ4v) is 3.81. The van der Waals surface area contributed by atoms with E-state index in [0.717, 1.165) is 12.0 Å². The molecule has 3 rings (SSSR count). The molecular formula is C19H23N3O5S. The fraction of sp³-hybridized carbons (Fsp3) is 0.474. The van der Waals surface area contributed by atoms with Gasteiger partial charge < -0.3 is 15.2 Å². The normalized spacial score (nSPS) is 22.7. The van der Waals surface area contributed by atoms with Crippen molar-refractivity contribution in [3.8, 4) is 0 Å². The topological polar surface area (TPSA) is 99.2 Å². The van der Waals surface area contributed by atoms with Gasteiger partial charge in [-0.15, -0.1) is 0 Å². The average Bonchev–Trinajstić information content (AvgIpc) is 2.82. The van der Waals surface area contributed by atoms with E-state index in [1.165, 1.54) is 5.01 Å². The van der Waals surface area contributed by atoms with Crippen molar-refractivity contribution in [2.24, 2.45) is 0 Å². The molecule has 2 heterocycles. The number of hydrogen-bond acceptors (Lipinski definition) is 6. The van der Waals surface area contributed by atoms with E-state index in [0.29, 0.717) is 38.8 Å². The van der Waals surface area contributed by atoms with Gasteiger partial charge in [0, 0.05) is 25.9 Å². The smallest absolute Gasteiger partial charge is 0.450 e. The predicted octanol–water partition coefficient (Wildman–Crippen LogP) is 1.74. The Bertz CT molecular complexity index is 757. The van der Waals surface area contributed by atoms with Crippen LogP contribution in [0.3, 0.4) is 0 Å². The van der Waals surface area contributed by atoms with Crippen LogP contribution in [0.5, 0.6) is 0 Å². The van der Waals surface area contributed by atoms with E-state index >= 15 is 0 Å². The zero-order chi connectivity index (χ0) is 20.1. The second-order valence-corrected chi connectivity index (χ2v) is 7.36. The van der Waals surface area contributed by atoms with Gasteiger partial charge in [-0.1, -0.05) is 42.5 Å². The van der Waals surface area contributed by atoms with Crippen molar-refractivity contribution in [2.75, 3.05) is 13.1 Å². The number of nitrogens with zero attached hydrogens (tertiary/aromatic N) is 2. The predicted molar refractivity (Wildman–Crippen MR) is 104 cm³/mol. The Balaban J connectivity index is 1.67. The van der Waals surface area contributed by atoms with Crippen molar-refractivity contribution in [1.29, 1.82) is 0 Å². The molecule has 150 valence electrons. The lowest BCUT2D eigenvalue weighted by Gasteiger charge is -2.42. The number of hydrogen-bond donors (Lipinski definition) is 2. The van der Waals surface area contributed by atoms with E-state index in [1.807, 2.05) is 35.3 Å². The minimum absolute atomic E-state index is 0.206. The van der Waals surface area contributed by atoms with E-state index in [-0.39, 0.29) is 10.8 Å². The molecule has 9 heteroatoms.